The molecular weight excluding hydrogens is 897 g/mol. The van der Waals surface area contributed by atoms with Gasteiger partial charge in [-0.05, 0) is 179 Å². The summed E-state index contributed by atoms with van der Waals surface area (Å²) in [7, 11) is 0. The standard InChI is InChI=1S/C29H38N4O2.C29H36N4O2.2CH4/c2*1-18-9-8-10-23(15-18)20(3)30-27-25-17-24(16-19(2)26(25)31-21(4)32-27)22-11-13-33(14-12-22)28(34)35-29(5,6)7;;/h8-10,15-17,20,22H,11-14H2,1-7H3,(H,30,31,32);8-11,15-17,20H,12-14H2,1-7H3,(H,30,31,32);2*1H4/t2*20-;;/m11../s1. The van der Waals surface area contributed by atoms with E-state index in [2.05, 4.69) is 131 Å². The number of piperidine rings is 1. The summed E-state index contributed by atoms with van der Waals surface area (Å²) < 4.78 is 11.1. The van der Waals surface area contributed by atoms with Crippen LogP contribution in [0.25, 0.3) is 27.4 Å². The van der Waals surface area contributed by atoms with Gasteiger partial charge in [0, 0.05) is 49.0 Å². The molecule has 2 aromatic heterocycles. The van der Waals surface area contributed by atoms with Gasteiger partial charge in [-0.1, -0.05) is 86.7 Å². The van der Waals surface area contributed by atoms with E-state index in [1.54, 1.807) is 4.90 Å². The lowest BCUT2D eigenvalue weighted by atomic mass is 9.87. The van der Waals surface area contributed by atoms with Gasteiger partial charge in [-0.25, -0.2) is 29.5 Å². The SMILES string of the molecule is C.C.Cc1cccc([C@@H](C)Nc2nc(C)nc3c(C)cc(C4=CCN(C(=O)OC(C)(C)C)CC4)cc23)c1.Cc1cccc([C@@H](C)Nc2nc(C)nc3c(C)cc(C4CCN(C(=O)OC(C)(C)C)CC4)cc23)c1. The molecule has 1 fully saturated rings. The van der Waals surface area contributed by atoms with Crippen LogP contribution >= 0.6 is 0 Å². The molecule has 6 aromatic rings. The maximum atomic E-state index is 12.5. The van der Waals surface area contributed by atoms with E-state index in [1.807, 2.05) is 60.3 Å². The monoisotopic (exact) mass is 979 g/mol. The van der Waals surface area contributed by atoms with Crippen molar-refractivity contribution in [3.05, 3.63) is 135 Å². The summed E-state index contributed by atoms with van der Waals surface area (Å²) in [6, 6.07) is 26.2. The number of carbonyl (C=O) groups is 2. The Bertz CT molecular complexity index is 2910. The van der Waals surface area contributed by atoms with Crippen molar-refractivity contribution in [2.45, 2.75) is 160 Å². The second-order valence-corrected chi connectivity index (χ2v) is 21.4. The Morgan fingerprint density at radius 3 is 1.54 bits per heavy atom. The number of fused-ring (bicyclic) bond motifs is 2. The van der Waals surface area contributed by atoms with Crippen molar-refractivity contribution in [1.82, 2.24) is 29.7 Å². The molecule has 2 aliphatic heterocycles. The number of aromatic nitrogens is 4. The van der Waals surface area contributed by atoms with Crippen LogP contribution in [0.2, 0.25) is 0 Å². The highest BCUT2D eigenvalue weighted by atomic mass is 16.6. The number of hydrogen-bond acceptors (Lipinski definition) is 10. The summed E-state index contributed by atoms with van der Waals surface area (Å²) in [4.78, 5) is 47.6. The van der Waals surface area contributed by atoms with Crippen LogP contribution in [-0.4, -0.2) is 79.3 Å². The minimum atomic E-state index is -0.492. The maximum absolute atomic E-state index is 12.5. The number of amides is 2. The number of ether oxygens (including phenoxy) is 2. The highest BCUT2D eigenvalue weighted by molar-refractivity contribution is 5.94. The Balaban J connectivity index is 0.000000260. The molecule has 72 heavy (non-hydrogen) atoms. The summed E-state index contributed by atoms with van der Waals surface area (Å²) in [5, 5.41) is 9.35. The average molecular weight is 979 g/mol. The molecule has 0 spiro atoms. The van der Waals surface area contributed by atoms with Crippen molar-refractivity contribution in [3.63, 3.8) is 0 Å². The number of carbonyl (C=O) groups excluding carboxylic acids is 2. The van der Waals surface area contributed by atoms with E-state index in [0.29, 0.717) is 32.1 Å². The largest absolute Gasteiger partial charge is 0.444 e. The maximum Gasteiger partial charge on any atom is 0.410 e. The van der Waals surface area contributed by atoms with Gasteiger partial charge in [0.25, 0.3) is 0 Å². The fourth-order valence-electron chi connectivity index (χ4n) is 9.30. The summed E-state index contributed by atoms with van der Waals surface area (Å²) in [5.74, 6) is 3.62. The average Bonchev–Trinajstić information content (AvgIpc) is 3.28. The van der Waals surface area contributed by atoms with Gasteiger partial charge in [-0.2, -0.15) is 0 Å². The molecular formula is C60H82N8O4. The first-order valence-corrected chi connectivity index (χ1v) is 24.9. The first kappa shape index (κ1) is 56.4. The van der Waals surface area contributed by atoms with Crippen molar-refractivity contribution in [3.8, 4) is 0 Å². The lowest BCUT2D eigenvalue weighted by Gasteiger charge is -2.33. The van der Waals surface area contributed by atoms with Gasteiger partial charge in [0.1, 0.15) is 34.5 Å². The second-order valence-electron chi connectivity index (χ2n) is 21.4. The van der Waals surface area contributed by atoms with Gasteiger partial charge < -0.3 is 29.9 Å². The Morgan fingerprint density at radius 1 is 0.611 bits per heavy atom. The quantitative estimate of drug-likeness (QED) is 0.152. The number of nitrogens with one attached hydrogen (secondary N) is 2. The summed E-state index contributed by atoms with van der Waals surface area (Å²) in [6.45, 7) is 30.6. The highest BCUT2D eigenvalue weighted by Gasteiger charge is 2.29. The molecule has 2 amide bonds. The van der Waals surface area contributed by atoms with Crippen LogP contribution in [0.15, 0.2) is 78.9 Å². The zero-order valence-corrected chi connectivity index (χ0v) is 44.0. The molecule has 12 heteroatoms. The molecule has 2 aliphatic rings. The van der Waals surface area contributed by atoms with Crippen LogP contribution in [0.5, 0.6) is 0 Å². The van der Waals surface area contributed by atoms with Crippen molar-refractivity contribution in [2.75, 3.05) is 36.8 Å². The summed E-state index contributed by atoms with van der Waals surface area (Å²) in [6.07, 6.45) is 4.26. The van der Waals surface area contributed by atoms with Crippen LogP contribution in [0.1, 0.15) is 164 Å². The molecule has 4 aromatic carbocycles. The fourth-order valence-corrected chi connectivity index (χ4v) is 9.30. The zero-order valence-electron chi connectivity index (χ0n) is 44.0. The zero-order chi connectivity index (χ0) is 50.7. The summed E-state index contributed by atoms with van der Waals surface area (Å²) >= 11 is 0. The molecule has 0 saturated carbocycles. The fraction of sp³-hybridized carbons (Fsp3) is 0.467. The van der Waals surface area contributed by atoms with Crippen molar-refractivity contribution in [1.29, 1.82) is 0 Å². The molecule has 0 aliphatic carbocycles. The van der Waals surface area contributed by atoms with Crippen molar-refractivity contribution >= 4 is 51.2 Å². The predicted molar refractivity (Wildman–Crippen MR) is 298 cm³/mol. The third-order valence-corrected chi connectivity index (χ3v) is 12.9. The van der Waals surface area contributed by atoms with Crippen molar-refractivity contribution in [2.24, 2.45) is 0 Å². The Morgan fingerprint density at radius 2 is 1.08 bits per heavy atom. The molecule has 386 valence electrons. The molecule has 0 unspecified atom stereocenters. The predicted octanol–water partition coefficient (Wildman–Crippen LogP) is 14.9. The van der Waals surface area contributed by atoms with Gasteiger partial charge in [-0.3, -0.25) is 0 Å². The smallest absolute Gasteiger partial charge is 0.410 e. The van der Waals surface area contributed by atoms with E-state index in [-0.39, 0.29) is 39.1 Å². The van der Waals surface area contributed by atoms with E-state index in [9.17, 15) is 9.59 Å². The van der Waals surface area contributed by atoms with Crippen LogP contribution in [-0.2, 0) is 9.47 Å². The second kappa shape index (κ2) is 23.3. The molecule has 1 saturated heterocycles. The Kier molecular flexibility index (Phi) is 18.3. The van der Waals surface area contributed by atoms with Gasteiger partial charge in [0.2, 0.25) is 0 Å². The third kappa shape index (κ3) is 14.3. The number of anilines is 2. The van der Waals surface area contributed by atoms with Crippen LogP contribution in [0.3, 0.4) is 0 Å². The van der Waals surface area contributed by atoms with Gasteiger partial charge >= 0.3 is 12.2 Å². The normalized spacial score (nSPS) is 15.0. The highest BCUT2D eigenvalue weighted by Crippen LogP contribution is 2.36. The van der Waals surface area contributed by atoms with Crippen molar-refractivity contribution < 1.29 is 19.1 Å². The van der Waals surface area contributed by atoms with Crippen LogP contribution < -0.4 is 10.6 Å². The van der Waals surface area contributed by atoms with Gasteiger partial charge in [0.15, 0.2) is 0 Å². The third-order valence-electron chi connectivity index (χ3n) is 12.9. The first-order chi connectivity index (χ1) is 33.0. The molecule has 8 rings (SSSR count). The van der Waals surface area contributed by atoms with E-state index in [4.69, 9.17) is 29.4 Å². The molecule has 12 nitrogen and oxygen atoms in total. The van der Waals surface area contributed by atoms with E-state index in [1.165, 1.54) is 33.4 Å². The molecule has 0 bridgehead atoms. The minimum absolute atomic E-state index is 0. The van der Waals surface area contributed by atoms with Crippen LogP contribution in [0.4, 0.5) is 21.2 Å². The molecule has 4 heterocycles. The number of nitrogens with zero attached hydrogens (tertiary/aromatic N) is 6. The topological polar surface area (TPSA) is 135 Å². The van der Waals surface area contributed by atoms with Gasteiger partial charge in [0.05, 0.1) is 11.0 Å². The first-order valence-electron chi connectivity index (χ1n) is 24.9. The number of aryl methyl sites for hydroxylation is 6. The Labute approximate surface area is 430 Å². The number of likely N-dealkylation sites (tertiary alicyclic amines) is 1. The molecule has 2 atom stereocenters. The van der Waals surface area contributed by atoms with Gasteiger partial charge in [-0.15, -0.1) is 0 Å². The lowest BCUT2D eigenvalue weighted by Crippen LogP contribution is -2.41. The number of hydrogen-bond donors (Lipinski definition) is 2. The number of benzene rings is 4. The Hall–Kier alpha value is -6.56. The minimum Gasteiger partial charge on any atom is -0.444 e. The summed E-state index contributed by atoms with van der Waals surface area (Å²) in [5.41, 5.74) is 11.9. The molecule has 2 N–H and O–H groups in total. The van der Waals surface area contributed by atoms with E-state index < -0.39 is 11.2 Å². The lowest BCUT2D eigenvalue weighted by molar-refractivity contribution is 0.0203. The number of rotatable bonds is 8. The van der Waals surface area contributed by atoms with E-state index >= 15 is 0 Å². The van der Waals surface area contributed by atoms with E-state index in [0.717, 1.165) is 81.0 Å². The van der Waals surface area contributed by atoms with Crippen LogP contribution in [0, 0.1) is 41.5 Å². The molecule has 0 radical (unpaired) electrons.